The molecule has 3 nitrogen and oxygen atoms in total. The van der Waals surface area contributed by atoms with E-state index in [0.29, 0.717) is 0 Å². The number of hydrogen-bond acceptors (Lipinski definition) is 2. The van der Waals surface area contributed by atoms with Crippen molar-refractivity contribution in [2.24, 2.45) is 5.73 Å². The van der Waals surface area contributed by atoms with Crippen molar-refractivity contribution in [2.75, 3.05) is 6.54 Å². The van der Waals surface area contributed by atoms with Crippen LogP contribution in [-0.4, -0.2) is 24.9 Å². The lowest BCUT2D eigenvalue weighted by atomic mass is 10.2. The summed E-state index contributed by atoms with van der Waals surface area (Å²) in [5.41, 5.74) is 5.06. The molecule has 0 aliphatic carbocycles. The lowest BCUT2D eigenvalue weighted by molar-refractivity contribution is -0.120. The first-order valence-corrected chi connectivity index (χ1v) is 3.50. The largest absolute Gasteiger partial charge is 0.344 e. The molecule has 0 aromatic rings. The quantitative estimate of drug-likeness (QED) is 0.607. The van der Waals surface area contributed by atoms with E-state index in [2.05, 4.69) is 5.32 Å². The van der Waals surface area contributed by atoms with Gasteiger partial charge in [-0.05, 0) is 0 Å². The third-order valence-corrected chi connectivity index (χ3v) is 1.12. The topological polar surface area (TPSA) is 55.1 Å². The van der Waals surface area contributed by atoms with Gasteiger partial charge in [-0.1, -0.05) is 12.2 Å². The van der Waals surface area contributed by atoms with Crippen molar-refractivity contribution in [3.05, 3.63) is 12.2 Å². The van der Waals surface area contributed by atoms with E-state index in [1.807, 2.05) is 0 Å². The zero-order valence-electron chi connectivity index (χ0n) is 6.76. The van der Waals surface area contributed by atoms with Gasteiger partial charge >= 0.3 is 0 Å². The number of amides is 1. The first-order valence-electron chi connectivity index (χ1n) is 3.50. The number of rotatable bonds is 4. The zero-order valence-corrected chi connectivity index (χ0v) is 6.76. The molecule has 0 saturated heterocycles. The first-order chi connectivity index (χ1) is 5.57. The molecule has 1 atom stereocenters. The van der Waals surface area contributed by atoms with Gasteiger partial charge in [0.2, 0.25) is 5.91 Å². The van der Waals surface area contributed by atoms with Crippen molar-refractivity contribution in [1.82, 2.24) is 5.32 Å². The van der Waals surface area contributed by atoms with Gasteiger partial charge in [-0.25, -0.2) is 8.78 Å². The van der Waals surface area contributed by atoms with Crippen LogP contribution < -0.4 is 11.1 Å². The predicted molar refractivity (Wildman–Crippen MR) is 41.8 cm³/mol. The molecular weight excluding hydrogens is 166 g/mol. The Hall–Kier alpha value is -0.970. The maximum Gasteiger partial charge on any atom is 0.262 e. The van der Waals surface area contributed by atoms with Gasteiger partial charge in [0.15, 0.2) is 0 Å². The minimum Gasteiger partial charge on any atom is -0.344 e. The number of nitrogens with two attached hydrogens (primary N) is 1. The van der Waals surface area contributed by atoms with Crippen LogP contribution in [0, 0.1) is 0 Å². The standard InChI is InChI=1S/C7H12F2N2O/c1-5(12)11-6(7(8)9)3-2-4-10/h2-3,6-7H,4,10H2,1H3,(H,11,12). The van der Waals surface area contributed by atoms with Crippen LogP contribution in [0.4, 0.5) is 8.78 Å². The second-order valence-electron chi connectivity index (χ2n) is 2.22. The van der Waals surface area contributed by atoms with Crippen molar-refractivity contribution in [3.63, 3.8) is 0 Å². The summed E-state index contributed by atoms with van der Waals surface area (Å²) in [6.07, 6.45) is -0.0320. The predicted octanol–water partition coefficient (Wildman–Crippen LogP) is 0.271. The molecule has 1 amide bonds. The second-order valence-corrected chi connectivity index (χ2v) is 2.22. The van der Waals surface area contributed by atoms with Crippen molar-refractivity contribution in [2.45, 2.75) is 19.4 Å². The number of hydrogen-bond donors (Lipinski definition) is 2. The van der Waals surface area contributed by atoms with E-state index in [4.69, 9.17) is 5.73 Å². The van der Waals surface area contributed by atoms with Crippen LogP contribution in [-0.2, 0) is 4.79 Å². The first kappa shape index (κ1) is 11.0. The highest BCUT2D eigenvalue weighted by Gasteiger charge is 2.17. The lowest BCUT2D eigenvalue weighted by Gasteiger charge is -2.11. The zero-order chi connectivity index (χ0) is 9.56. The number of carbonyl (C=O) groups is 1. The van der Waals surface area contributed by atoms with Crippen LogP contribution in [0.1, 0.15) is 6.92 Å². The van der Waals surface area contributed by atoms with Gasteiger partial charge in [0.05, 0.1) is 0 Å². The fourth-order valence-electron chi connectivity index (χ4n) is 0.655. The summed E-state index contributed by atoms with van der Waals surface area (Å²) in [5.74, 6) is -0.484. The third kappa shape index (κ3) is 4.79. The molecule has 5 heteroatoms. The molecule has 0 fully saturated rings. The Morgan fingerprint density at radius 3 is 2.58 bits per heavy atom. The summed E-state index contributed by atoms with van der Waals surface area (Å²) in [4.78, 5) is 10.4. The summed E-state index contributed by atoms with van der Waals surface area (Å²) in [6.45, 7) is 1.37. The Labute approximate surface area is 69.6 Å². The molecule has 0 aromatic carbocycles. The SMILES string of the molecule is CC(=O)NC(C=CCN)C(F)F. The number of carbonyl (C=O) groups excluding carboxylic acids is 1. The molecule has 12 heavy (non-hydrogen) atoms. The summed E-state index contributed by atoms with van der Waals surface area (Å²) in [6, 6.07) is -1.23. The molecule has 0 saturated carbocycles. The number of nitrogens with one attached hydrogen (secondary N) is 1. The Bertz CT molecular complexity index is 171. The Kier molecular flexibility index (Phi) is 5.19. The van der Waals surface area contributed by atoms with E-state index >= 15 is 0 Å². The molecule has 0 radical (unpaired) electrons. The van der Waals surface area contributed by atoms with Gasteiger partial charge in [0.25, 0.3) is 6.43 Å². The Balaban J connectivity index is 4.04. The van der Waals surface area contributed by atoms with Crippen molar-refractivity contribution < 1.29 is 13.6 Å². The highest BCUT2D eigenvalue weighted by atomic mass is 19.3. The van der Waals surface area contributed by atoms with E-state index in [0.717, 1.165) is 0 Å². The molecule has 1 unspecified atom stereocenters. The minimum atomic E-state index is -2.60. The Morgan fingerprint density at radius 1 is 1.67 bits per heavy atom. The summed E-state index contributed by atoms with van der Waals surface area (Å²) in [5, 5.41) is 2.08. The monoisotopic (exact) mass is 178 g/mol. The highest BCUT2D eigenvalue weighted by molar-refractivity contribution is 5.73. The highest BCUT2D eigenvalue weighted by Crippen LogP contribution is 2.01. The molecule has 0 rings (SSSR count). The van der Waals surface area contributed by atoms with Crippen LogP contribution in [0.15, 0.2) is 12.2 Å². The van der Waals surface area contributed by atoms with Crippen LogP contribution in [0.3, 0.4) is 0 Å². The molecule has 70 valence electrons. The lowest BCUT2D eigenvalue weighted by Crippen LogP contribution is -2.37. The Morgan fingerprint density at radius 2 is 2.25 bits per heavy atom. The van der Waals surface area contributed by atoms with Crippen LogP contribution in [0.5, 0.6) is 0 Å². The molecule has 0 bridgehead atoms. The molecule has 3 N–H and O–H groups in total. The second kappa shape index (κ2) is 5.65. The van der Waals surface area contributed by atoms with Gasteiger partial charge in [0, 0.05) is 13.5 Å². The average Bonchev–Trinajstić information content (AvgIpc) is 1.96. The fraction of sp³-hybridized carbons (Fsp3) is 0.571. The summed E-state index contributed by atoms with van der Waals surface area (Å²) in [7, 11) is 0. The van der Waals surface area contributed by atoms with Crippen molar-refractivity contribution in [1.29, 1.82) is 0 Å². The molecular formula is C7H12F2N2O. The van der Waals surface area contributed by atoms with Crippen molar-refractivity contribution >= 4 is 5.91 Å². The smallest absolute Gasteiger partial charge is 0.262 e. The van der Waals surface area contributed by atoms with Gasteiger partial charge in [-0.15, -0.1) is 0 Å². The van der Waals surface area contributed by atoms with E-state index in [1.165, 1.54) is 19.1 Å². The van der Waals surface area contributed by atoms with E-state index in [9.17, 15) is 13.6 Å². The van der Waals surface area contributed by atoms with Crippen molar-refractivity contribution in [3.8, 4) is 0 Å². The van der Waals surface area contributed by atoms with Gasteiger partial charge in [0.1, 0.15) is 6.04 Å². The van der Waals surface area contributed by atoms with Gasteiger partial charge < -0.3 is 11.1 Å². The summed E-state index contributed by atoms with van der Waals surface area (Å²) >= 11 is 0. The minimum absolute atomic E-state index is 0.183. The van der Waals surface area contributed by atoms with Crippen LogP contribution in [0.25, 0.3) is 0 Å². The normalized spacial score (nSPS) is 13.8. The van der Waals surface area contributed by atoms with Crippen LogP contribution >= 0.6 is 0 Å². The fourth-order valence-corrected chi connectivity index (χ4v) is 0.655. The van der Waals surface area contributed by atoms with E-state index in [-0.39, 0.29) is 6.54 Å². The average molecular weight is 178 g/mol. The molecule has 0 aromatic heterocycles. The maximum atomic E-state index is 12.1. The van der Waals surface area contributed by atoms with E-state index < -0.39 is 18.4 Å². The van der Waals surface area contributed by atoms with Crippen LogP contribution in [0.2, 0.25) is 0 Å². The van der Waals surface area contributed by atoms with Gasteiger partial charge in [-0.2, -0.15) is 0 Å². The molecule has 0 aliphatic heterocycles. The maximum absolute atomic E-state index is 12.1. The molecule has 0 heterocycles. The molecule has 0 aliphatic rings. The van der Waals surface area contributed by atoms with E-state index in [1.54, 1.807) is 0 Å². The molecule has 0 spiro atoms. The number of halogens is 2. The summed E-state index contributed by atoms with van der Waals surface area (Å²) < 4.78 is 24.2. The number of alkyl halides is 2. The third-order valence-electron chi connectivity index (χ3n) is 1.12. The van der Waals surface area contributed by atoms with Gasteiger partial charge in [-0.3, -0.25) is 4.79 Å².